The van der Waals surface area contributed by atoms with Crippen LogP contribution in [0.4, 0.5) is 5.69 Å². The smallest absolute Gasteiger partial charge is 0.239 e. The van der Waals surface area contributed by atoms with Crippen LogP contribution < -0.4 is 14.4 Å². The second kappa shape index (κ2) is 11.2. The van der Waals surface area contributed by atoms with Gasteiger partial charge >= 0.3 is 0 Å². The average Bonchev–Trinajstić information content (AvgIpc) is 3.67. The van der Waals surface area contributed by atoms with E-state index in [0.29, 0.717) is 45.0 Å². The summed E-state index contributed by atoms with van der Waals surface area (Å²) in [5.41, 5.74) is 1.86. The topological polar surface area (TPSA) is 96.7 Å². The van der Waals surface area contributed by atoms with Gasteiger partial charge < -0.3 is 9.47 Å². The fraction of sp³-hybridized carbons (Fsp3) is 0.143. The maximum absolute atomic E-state index is 16.0. The molecule has 4 atom stereocenters. The van der Waals surface area contributed by atoms with E-state index in [1.165, 1.54) is 4.90 Å². The fourth-order valence-electron chi connectivity index (χ4n) is 8.58. The number of hydrogen-bond donors (Lipinski definition) is 0. The molecule has 0 unspecified atom stereocenters. The molecule has 0 radical (unpaired) electrons. The lowest BCUT2D eigenvalue weighted by atomic mass is 9.59. The lowest BCUT2D eigenvalue weighted by molar-refractivity contribution is -0.130. The van der Waals surface area contributed by atoms with Crippen molar-refractivity contribution in [2.75, 3.05) is 19.1 Å². The first-order chi connectivity index (χ1) is 23.9. The summed E-state index contributed by atoms with van der Waals surface area (Å²) in [6, 6.07) is 42.4. The highest BCUT2D eigenvalue weighted by atomic mass is 16.5. The molecule has 7 heteroatoms. The van der Waals surface area contributed by atoms with Gasteiger partial charge in [-0.2, -0.15) is 5.26 Å². The lowest BCUT2D eigenvalue weighted by Gasteiger charge is -2.39. The second-order valence-electron chi connectivity index (χ2n) is 12.5. The quantitative estimate of drug-likeness (QED) is 0.182. The number of methoxy groups -OCH3 is 2. The molecule has 0 spiro atoms. The van der Waals surface area contributed by atoms with E-state index >= 15 is 14.4 Å². The predicted octanol–water partition coefficient (Wildman–Crippen LogP) is 6.76. The number of ketones is 1. The van der Waals surface area contributed by atoms with Gasteiger partial charge in [0.25, 0.3) is 0 Å². The highest BCUT2D eigenvalue weighted by Gasteiger charge is 2.82. The number of ether oxygens (including phenoxy) is 2. The predicted molar refractivity (Wildman–Crippen MR) is 185 cm³/mol. The van der Waals surface area contributed by atoms with Gasteiger partial charge in [-0.15, -0.1) is 0 Å². The molecule has 8 rings (SSSR count). The average molecular weight is 643 g/mol. The van der Waals surface area contributed by atoms with E-state index < -0.39 is 34.5 Å². The molecule has 1 aliphatic heterocycles. The van der Waals surface area contributed by atoms with E-state index in [4.69, 9.17) is 9.47 Å². The Balaban J connectivity index is 1.53. The minimum atomic E-state index is -1.53. The maximum Gasteiger partial charge on any atom is 0.239 e. The summed E-state index contributed by atoms with van der Waals surface area (Å²) in [6.07, 6.45) is 0. The number of rotatable bonds is 7. The number of amides is 2. The molecule has 1 saturated heterocycles. The van der Waals surface area contributed by atoms with E-state index in [1.54, 1.807) is 38.5 Å². The number of carbonyl (C=O) groups is 3. The van der Waals surface area contributed by atoms with Crippen molar-refractivity contribution in [3.63, 3.8) is 0 Å². The summed E-state index contributed by atoms with van der Waals surface area (Å²) >= 11 is 0. The highest BCUT2D eigenvalue weighted by molar-refractivity contribution is 6.39. The summed E-state index contributed by atoms with van der Waals surface area (Å²) in [4.78, 5) is 47.4. The summed E-state index contributed by atoms with van der Waals surface area (Å²) in [5, 5.41) is 9.44. The van der Waals surface area contributed by atoms with Gasteiger partial charge in [-0.25, -0.2) is 4.90 Å². The first-order valence-corrected chi connectivity index (χ1v) is 16.0. The number of nitrogens with zero attached hydrogens (tertiary/aromatic N) is 2. The number of carbonyl (C=O) groups excluding carboxylic acids is 3. The number of anilines is 1. The van der Waals surface area contributed by atoms with Crippen LogP contribution in [0, 0.1) is 23.2 Å². The number of fused-ring (bicyclic) bond motifs is 5. The Kier molecular flexibility index (Phi) is 6.86. The molecule has 5 aromatic rings. The third kappa shape index (κ3) is 3.92. The molecule has 5 aromatic carbocycles. The van der Waals surface area contributed by atoms with Crippen molar-refractivity contribution in [2.24, 2.45) is 11.8 Å². The Morgan fingerprint density at radius 1 is 0.571 bits per heavy atom. The van der Waals surface area contributed by atoms with Crippen LogP contribution in [0.5, 0.6) is 11.5 Å². The van der Waals surface area contributed by atoms with Crippen LogP contribution in [0.2, 0.25) is 0 Å². The Hall–Kier alpha value is -6.26. The molecule has 0 aromatic heterocycles. The number of imide groups is 1. The molecule has 238 valence electrons. The monoisotopic (exact) mass is 642 g/mol. The largest absolute Gasteiger partial charge is 0.497 e. The summed E-state index contributed by atoms with van der Waals surface area (Å²) in [7, 11) is 3.19. The second-order valence-corrected chi connectivity index (χ2v) is 12.5. The van der Waals surface area contributed by atoms with Crippen molar-refractivity contribution in [3.8, 4) is 17.6 Å². The van der Waals surface area contributed by atoms with Crippen LogP contribution in [0.1, 0.15) is 27.8 Å². The number of benzene rings is 5. The fourth-order valence-corrected chi connectivity index (χ4v) is 8.58. The van der Waals surface area contributed by atoms with Crippen LogP contribution in [0.3, 0.4) is 0 Å². The SMILES string of the molecule is COc1ccc(C2=C(c3ccc(OC)cc3)[C@@]3(c4ccccc4)C(=O)[C@@]2(c2ccccc2)[C@@H]2C(=O)N(c4ccc(C#N)cc4)C(=O)[C@H]23)cc1. The zero-order valence-corrected chi connectivity index (χ0v) is 26.8. The molecule has 49 heavy (non-hydrogen) atoms. The summed E-state index contributed by atoms with van der Waals surface area (Å²) in [6.45, 7) is 0. The molecule has 2 bridgehead atoms. The highest BCUT2D eigenvalue weighted by Crippen LogP contribution is 2.74. The van der Waals surface area contributed by atoms with Crippen molar-refractivity contribution in [2.45, 2.75) is 10.8 Å². The minimum absolute atomic E-state index is 0.204. The van der Waals surface area contributed by atoms with Gasteiger partial charge in [0.05, 0.1) is 54.2 Å². The molecule has 2 aliphatic carbocycles. The van der Waals surface area contributed by atoms with Crippen LogP contribution in [0.15, 0.2) is 133 Å². The molecule has 1 saturated carbocycles. The van der Waals surface area contributed by atoms with E-state index in [0.717, 1.165) is 11.1 Å². The first kappa shape index (κ1) is 30.1. The van der Waals surface area contributed by atoms with Crippen LogP contribution in [0.25, 0.3) is 11.1 Å². The molecule has 3 aliphatic rings. The zero-order chi connectivity index (χ0) is 33.9. The molecule has 7 nitrogen and oxygen atoms in total. The molecular formula is C42H30N2O5. The third-order valence-electron chi connectivity index (χ3n) is 10.5. The van der Waals surface area contributed by atoms with Gasteiger partial charge in [-0.3, -0.25) is 14.4 Å². The van der Waals surface area contributed by atoms with Gasteiger partial charge in [-0.1, -0.05) is 84.9 Å². The van der Waals surface area contributed by atoms with Crippen LogP contribution in [-0.2, 0) is 25.2 Å². The summed E-state index contributed by atoms with van der Waals surface area (Å²) < 4.78 is 11.0. The van der Waals surface area contributed by atoms with Crippen molar-refractivity contribution in [3.05, 3.63) is 161 Å². The number of Topliss-reactive ketones (excluding diaryl/α,β-unsaturated/α-hetero) is 1. The Bertz CT molecular complexity index is 2080. The van der Waals surface area contributed by atoms with Gasteiger partial charge in [0, 0.05) is 0 Å². The van der Waals surface area contributed by atoms with Crippen molar-refractivity contribution >= 4 is 34.4 Å². The van der Waals surface area contributed by atoms with Gasteiger partial charge in [0.1, 0.15) is 11.5 Å². The Labute approximate surface area is 283 Å². The van der Waals surface area contributed by atoms with Crippen molar-refractivity contribution in [1.29, 1.82) is 5.26 Å². The first-order valence-electron chi connectivity index (χ1n) is 16.0. The molecule has 1 heterocycles. The number of hydrogen-bond acceptors (Lipinski definition) is 6. The van der Waals surface area contributed by atoms with Crippen molar-refractivity contribution < 1.29 is 23.9 Å². The standard InChI is InChI=1S/C42H30N2O5/c1-48-32-21-15-27(16-22-32)34-35(28-17-23-33(49-2)24-18-28)42(30-11-7-4-8-12-30)37-36(41(34,40(42)47)29-9-5-3-6-10-29)38(45)44(39(37)46)31-19-13-26(25-43)14-20-31/h3-24,36-37H,1-2H3/t36-,37-,41+,42+/m0/s1. The van der Waals surface area contributed by atoms with Gasteiger partial charge in [-0.05, 0) is 81.9 Å². The Morgan fingerprint density at radius 2 is 0.980 bits per heavy atom. The zero-order valence-electron chi connectivity index (χ0n) is 26.8. The minimum Gasteiger partial charge on any atom is -0.497 e. The maximum atomic E-state index is 16.0. The summed E-state index contributed by atoms with van der Waals surface area (Å²) in [5.74, 6) is -1.91. The van der Waals surface area contributed by atoms with Crippen LogP contribution in [-0.4, -0.2) is 31.8 Å². The van der Waals surface area contributed by atoms with E-state index in [-0.39, 0.29) is 5.78 Å². The van der Waals surface area contributed by atoms with Crippen LogP contribution >= 0.6 is 0 Å². The number of allylic oxidation sites excluding steroid dienone is 2. The van der Waals surface area contributed by atoms with E-state index in [1.807, 2.05) is 109 Å². The van der Waals surface area contributed by atoms with Crippen molar-refractivity contribution in [1.82, 2.24) is 0 Å². The number of nitriles is 1. The third-order valence-corrected chi connectivity index (χ3v) is 10.5. The molecule has 0 N–H and O–H groups in total. The lowest BCUT2D eigenvalue weighted by Crippen LogP contribution is -2.45. The van der Waals surface area contributed by atoms with Gasteiger partial charge in [0.15, 0.2) is 5.78 Å². The van der Waals surface area contributed by atoms with E-state index in [2.05, 4.69) is 6.07 Å². The normalized spacial score (nSPS) is 23.9. The Morgan fingerprint density at radius 3 is 1.35 bits per heavy atom. The molecular weight excluding hydrogens is 612 g/mol. The molecule has 2 fully saturated rings. The van der Waals surface area contributed by atoms with E-state index in [9.17, 15) is 5.26 Å². The van der Waals surface area contributed by atoms with Gasteiger partial charge in [0.2, 0.25) is 11.8 Å². The molecule has 2 amide bonds.